The molecule has 1 amide bonds. The summed E-state index contributed by atoms with van der Waals surface area (Å²) in [4.78, 5) is 18.8. The molecule has 1 unspecified atom stereocenters. The molecule has 0 saturated carbocycles. The molecule has 1 atom stereocenters. The Balaban J connectivity index is 1.60. The first-order chi connectivity index (χ1) is 12.3. The number of sulfonamides is 1. The van der Waals surface area contributed by atoms with E-state index in [2.05, 4.69) is 9.71 Å². The standard InChI is InChI=1S/C18H23N3O3S2/c1-13-19-17(12-25-13)15-7-5-14(6-8-15)10-18(22)21-9-3-4-16(11-21)20-26(2,23)24/h5-8,12,16,20H,3-4,9-11H2,1-2H3. The molecule has 6 nitrogen and oxygen atoms in total. The zero-order valence-electron chi connectivity index (χ0n) is 14.9. The zero-order chi connectivity index (χ0) is 18.7. The van der Waals surface area contributed by atoms with E-state index in [1.165, 1.54) is 0 Å². The number of piperidine rings is 1. The first-order valence-electron chi connectivity index (χ1n) is 8.57. The molecule has 26 heavy (non-hydrogen) atoms. The number of benzene rings is 1. The van der Waals surface area contributed by atoms with Gasteiger partial charge in [0.05, 0.1) is 23.4 Å². The lowest BCUT2D eigenvalue weighted by Crippen LogP contribution is -2.49. The highest BCUT2D eigenvalue weighted by atomic mass is 32.2. The summed E-state index contributed by atoms with van der Waals surface area (Å²) in [6.45, 7) is 3.09. The monoisotopic (exact) mass is 393 g/mol. The third-order valence-electron chi connectivity index (χ3n) is 4.38. The number of nitrogens with zero attached hydrogens (tertiary/aromatic N) is 2. The van der Waals surface area contributed by atoms with E-state index in [1.54, 1.807) is 16.2 Å². The summed E-state index contributed by atoms with van der Waals surface area (Å²) in [5.41, 5.74) is 2.95. The van der Waals surface area contributed by atoms with Crippen LogP contribution in [-0.2, 0) is 21.2 Å². The van der Waals surface area contributed by atoms with Gasteiger partial charge >= 0.3 is 0 Å². The van der Waals surface area contributed by atoms with Gasteiger partial charge in [-0.05, 0) is 25.3 Å². The Bertz CT molecular complexity index is 875. The molecular weight excluding hydrogens is 370 g/mol. The van der Waals surface area contributed by atoms with Crippen LogP contribution in [0.4, 0.5) is 0 Å². The van der Waals surface area contributed by atoms with E-state index in [-0.39, 0.29) is 11.9 Å². The lowest BCUT2D eigenvalue weighted by Gasteiger charge is -2.32. The van der Waals surface area contributed by atoms with Gasteiger partial charge in [-0.1, -0.05) is 24.3 Å². The van der Waals surface area contributed by atoms with Gasteiger partial charge in [0.1, 0.15) is 0 Å². The fourth-order valence-electron chi connectivity index (χ4n) is 3.18. The molecule has 140 valence electrons. The smallest absolute Gasteiger partial charge is 0.227 e. The van der Waals surface area contributed by atoms with Crippen molar-refractivity contribution in [2.45, 2.75) is 32.2 Å². The van der Waals surface area contributed by atoms with E-state index in [0.29, 0.717) is 19.5 Å². The van der Waals surface area contributed by atoms with Gasteiger partial charge in [0.2, 0.25) is 15.9 Å². The van der Waals surface area contributed by atoms with Crippen LogP contribution in [0.3, 0.4) is 0 Å². The number of carbonyl (C=O) groups is 1. The number of carbonyl (C=O) groups excluding carboxylic acids is 1. The van der Waals surface area contributed by atoms with Crippen LogP contribution in [0.15, 0.2) is 29.6 Å². The van der Waals surface area contributed by atoms with E-state index in [9.17, 15) is 13.2 Å². The Morgan fingerprint density at radius 3 is 2.69 bits per heavy atom. The number of hydrogen-bond donors (Lipinski definition) is 1. The van der Waals surface area contributed by atoms with Gasteiger partial charge in [-0.15, -0.1) is 11.3 Å². The van der Waals surface area contributed by atoms with E-state index in [4.69, 9.17) is 0 Å². The Kier molecular flexibility index (Phi) is 5.74. The third kappa shape index (κ3) is 5.12. The normalized spacial score (nSPS) is 18.1. The van der Waals surface area contributed by atoms with Crippen molar-refractivity contribution in [2.75, 3.05) is 19.3 Å². The fourth-order valence-corrected chi connectivity index (χ4v) is 4.60. The molecule has 1 N–H and O–H groups in total. The van der Waals surface area contributed by atoms with Crippen LogP contribution in [0.2, 0.25) is 0 Å². The molecule has 2 heterocycles. The molecule has 1 aliphatic heterocycles. The van der Waals surface area contributed by atoms with E-state index >= 15 is 0 Å². The maximum Gasteiger partial charge on any atom is 0.227 e. The largest absolute Gasteiger partial charge is 0.341 e. The number of nitrogens with one attached hydrogen (secondary N) is 1. The number of thiazole rings is 1. The van der Waals surface area contributed by atoms with Crippen LogP contribution in [-0.4, -0.2) is 49.6 Å². The van der Waals surface area contributed by atoms with Crippen molar-refractivity contribution in [3.05, 3.63) is 40.2 Å². The molecule has 0 spiro atoms. The van der Waals surface area contributed by atoms with Crippen molar-refractivity contribution in [1.82, 2.24) is 14.6 Å². The highest BCUT2D eigenvalue weighted by Gasteiger charge is 2.25. The molecule has 8 heteroatoms. The first kappa shape index (κ1) is 19.0. The summed E-state index contributed by atoms with van der Waals surface area (Å²) in [5.74, 6) is 0.0299. The lowest BCUT2D eigenvalue weighted by atomic mass is 10.0. The second kappa shape index (κ2) is 7.85. The minimum absolute atomic E-state index is 0.0299. The van der Waals surface area contributed by atoms with Crippen molar-refractivity contribution < 1.29 is 13.2 Å². The minimum Gasteiger partial charge on any atom is -0.341 e. The summed E-state index contributed by atoms with van der Waals surface area (Å²) in [6, 6.07) is 7.69. The van der Waals surface area contributed by atoms with Gasteiger partial charge in [0.25, 0.3) is 0 Å². The summed E-state index contributed by atoms with van der Waals surface area (Å²) >= 11 is 1.62. The van der Waals surface area contributed by atoms with Crippen LogP contribution in [0.25, 0.3) is 11.3 Å². The lowest BCUT2D eigenvalue weighted by molar-refractivity contribution is -0.131. The van der Waals surface area contributed by atoms with Crippen molar-refractivity contribution in [3.8, 4) is 11.3 Å². The maximum absolute atomic E-state index is 12.6. The number of rotatable bonds is 5. The second-order valence-electron chi connectivity index (χ2n) is 6.69. The second-order valence-corrected chi connectivity index (χ2v) is 9.54. The molecule has 2 aromatic rings. The molecule has 1 aliphatic rings. The third-order valence-corrected chi connectivity index (χ3v) is 5.91. The number of likely N-dealkylation sites (tertiary alicyclic amines) is 1. The van der Waals surface area contributed by atoms with Crippen LogP contribution in [0, 0.1) is 6.92 Å². The quantitative estimate of drug-likeness (QED) is 0.845. The molecule has 0 bridgehead atoms. The zero-order valence-corrected chi connectivity index (χ0v) is 16.6. The van der Waals surface area contributed by atoms with Crippen molar-refractivity contribution in [1.29, 1.82) is 0 Å². The Morgan fingerprint density at radius 2 is 2.08 bits per heavy atom. The number of aromatic nitrogens is 1. The topological polar surface area (TPSA) is 79.4 Å². The van der Waals surface area contributed by atoms with Crippen molar-refractivity contribution >= 4 is 27.3 Å². The summed E-state index contributed by atoms with van der Waals surface area (Å²) in [5, 5.41) is 3.06. The first-order valence-corrected chi connectivity index (χ1v) is 11.3. The highest BCUT2D eigenvalue weighted by Crippen LogP contribution is 2.22. The minimum atomic E-state index is -3.25. The predicted octanol–water partition coefficient (Wildman–Crippen LogP) is 2.20. The molecule has 1 aromatic heterocycles. The highest BCUT2D eigenvalue weighted by molar-refractivity contribution is 7.88. The van der Waals surface area contributed by atoms with Crippen LogP contribution < -0.4 is 4.72 Å². The van der Waals surface area contributed by atoms with Gasteiger partial charge in [-0.3, -0.25) is 4.79 Å². The van der Waals surface area contributed by atoms with E-state index in [0.717, 1.165) is 40.9 Å². The number of amides is 1. The van der Waals surface area contributed by atoms with Gasteiger partial charge in [0.15, 0.2) is 0 Å². The molecular formula is C18H23N3O3S2. The molecule has 0 aliphatic carbocycles. The average molecular weight is 394 g/mol. The van der Waals surface area contributed by atoms with E-state index < -0.39 is 10.0 Å². The summed E-state index contributed by atoms with van der Waals surface area (Å²) in [7, 11) is -3.25. The van der Waals surface area contributed by atoms with Gasteiger partial charge in [0, 0.05) is 30.1 Å². The summed E-state index contributed by atoms with van der Waals surface area (Å²) < 4.78 is 25.4. The van der Waals surface area contributed by atoms with Crippen LogP contribution in [0.5, 0.6) is 0 Å². The Morgan fingerprint density at radius 1 is 1.35 bits per heavy atom. The van der Waals surface area contributed by atoms with Crippen molar-refractivity contribution in [3.63, 3.8) is 0 Å². The molecule has 1 fully saturated rings. The number of hydrogen-bond acceptors (Lipinski definition) is 5. The van der Waals surface area contributed by atoms with Crippen LogP contribution >= 0.6 is 11.3 Å². The SMILES string of the molecule is Cc1nc(-c2ccc(CC(=O)N3CCCC(NS(C)(=O)=O)C3)cc2)cs1. The molecule has 3 rings (SSSR count). The van der Waals surface area contributed by atoms with E-state index in [1.807, 2.05) is 36.6 Å². The Labute approximate surface area is 158 Å². The Hall–Kier alpha value is -1.77. The number of aryl methyl sites for hydroxylation is 1. The van der Waals surface area contributed by atoms with Crippen molar-refractivity contribution in [2.24, 2.45) is 0 Å². The average Bonchev–Trinajstić information content (AvgIpc) is 3.01. The molecule has 1 saturated heterocycles. The molecule has 0 radical (unpaired) electrons. The fraction of sp³-hybridized carbons (Fsp3) is 0.444. The molecule has 1 aromatic carbocycles. The van der Waals surface area contributed by atoms with Crippen LogP contribution in [0.1, 0.15) is 23.4 Å². The summed E-state index contributed by atoms with van der Waals surface area (Å²) in [6.07, 6.45) is 3.04. The van der Waals surface area contributed by atoms with Gasteiger partial charge in [-0.2, -0.15) is 0 Å². The maximum atomic E-state index is 12.6. The van der Waals surface area contributed by atoms with Gasteiger partial charge < -0.3 is 4.90 Å². The van der Waals surface area contributed by atoms with Gasteiger partial charge in [-0.25, -0.2) is 18.1 Å². The predicted molar refractivity (Wildman–Crippen MR) is 104 cm³/mol.